The molecule has 200 valence electrons. The SMILES string of the molecule is CCOC(=O)C1=C(C)NC2=C(C(=O)c3ccccc32)[C@@H]1c1cc(I)c(OCc2ccc(Cl)cc2)c(OCC)c1. The summed E-state index contributed by atoms with van der Waals surface area (Å²) in [6.45, 7) is 6.48. The first kappa shape index (κ1) is 27.3. The lowest BCUT2D eigenvalue weighted by Crippen LogP contribution is -2.29. The number of nitrogens with one attached hydrogen (secondary N) is 1. The van der Waals surface area contributed by atoms with Gasteiger partial charge in [0.2, 0.25) is 0 Å². The molecule has 8 heteroatoms. The molecule has 1 aliphatic heterocycles. The van der Waals surface area contributed by atoms with Gasteiger partial charge in [0.25, 0.3) is 0 Å². The third-order valence-electron chi connectivity index (χ3n) is 6.71. The Morgan fingerprint density at radius 2 is 1.72 bits per heavy atom. The summed E-state index contributed by atoms with van der Waals surface area (Å²) in [6.07, 6.45) is 0. The summed E-state index contributed by atoms with van der Waals surface area (Å²) in [5.41, 5.74) is 5.46. The van der Waals surface area contributed by atoms with Crippen molar-refractivity contribution in [3.05, 3.63) is 108 Å². The van der Waals surface area contributed by atoms with Crippen molar-refractivity contribution in [1.29, 1.82) is 0 Å². The number of halogens is 2. The predicted octanol–water partition coefficient (Wildman–Crippen LogP) is 7.05. The van der Waals surface area contributed by atoms with Crippen LogP contribution in [0.2, 0.25) is 5.02 Å². The smallest absolute Gasteiger partial charge is 0.336 e. The minimum absolute atomic E-state index is 0.108. The zero-order chi connectivity index (χ0) is 27.7. The maximum absolute atomic E-state index is 13.8. The highest BCUT2D eigenvalue weighted by atomic mass is 127. The van der Waals surface area contributed by atoms with Crippen LogP contribution < -0.4 is 14.8 Å². The van der Waals surface area contributed by atoms with Gasteiger partial charge in [0.15, 0.2) is 17.3 Å². The van der Waals surface area contributed by atoms with Crippen LogP contribution in [0.1, 0.15) is 53.7 Å². The van der Waals surface area contributed by atoms with Crippen LogP contribution in [0.15, 0.2) is 77.5 Å². The summed E-state index contributed by atoms with van der Waals surface area (Å²) in [7, 11) is 0. The van der Waals surface area contributed by atoms with E-state index < -0.39 is 11.9 Å². The Labute approximate surface area is 246 Å². The molecule has 0 fully saturated rings. The van der Waals surface area contributed by atoms with Gasteiger partial charge in [0.05, 0.1) is 28.1 Å². The molecule has 1 atom stereocenters. The van der Waals surface area contributed by atoms with E-state index in [1.165, 1.54) is 0 Å². The molecule has 5 rings (SSSR count). The van der Waals surface area contributed by atoms with Gasteiger partial charge in [-0.1, -0.05) is 48.0 Å². The van der Waals surface area contributed by atoms with E-state index in [0.717, 1.165) is 26.0 Å². The van der Waals surface area contributed by atoms with Crippen LogP contribution in [0.3, 0.4) is 0 Å². The van der Waals surface area contributed by atoms with Crippen LogP contribution >= 0.6 is 34.2 Å². The summed E-state index contributed by atoms with van der Waals surface area (Å²) >= 11 is 8.24. The second-order valence-electron chi connectivity index (χ2n) is 9.16. The molecule has 6 nitrogen and oxygen atoms in total. The van der Waals surface area contributed by atoms with Crippen LogP contribution in [-0.2, 0) is 16.1 Å². The van der Waals surface area contributed by atoms with E-state index in [1.54, 1.807) is 6.92 Å². The van der Waals surface area contributed by atoms with Gasteiger partial charge in [0.1, 0.15) is 6.61 Å². The Kier molecular flexibility index (Phi) is 8.00. The molecule has 0 saturated carbocycles. The summed E-state index contributed by atoms with van der Waals surface area (Å²) in [5, 5.41) is 3.99. The summed E-state index contributed by atoms with van der Waals surface area (Å²) < 4.78 is 18.5. The third kappa shape index (κ3) is 5.17. The molecule has 0 unspecified atom stereocenters. The van der Waals surface area contributed by atoms with Crippen LogP contribution in [0, 0.1) is 3.57 Å². The molecule has 0 amide bonds. The zero-order valence-corrected chi connectivity index (χ0v) is 24.7. The number of carbonyl (C=O) groups excluding carboxylic acids is 2. The van der Waals surface area contributed by atoms with Gasteiger partial charge >= 0.3 is 5.97 Å². The van der Waals surface area contributed by atoms with E-state index in [-0.39, 0.29) is 12.4 Å². The van der Waals surface area contributed by atoms with Crippen LogP contribution in [0.4, 0.5) is 0 Å². The van der Waals surface area contributed by atoms with Crippen molar-refractivity contribution >= 4 is 51.6 Å². The van der Waals surface area contributed by atoms with Gasteiger partial charge in [-0.15, -0.1) is 0 Å². The molecule has 0 saturated heterocycles. The highest BCUT2D eigenvalue weighted by Crippen LogP contribution is 2.48. The van der Waals surface area contributed by atoms with Gasteiger partial charge in [-0.25, -0.2) is 4.79 Å². The van der Waals surface area contributed by atoms with Crippen molar-refractivity contribution in [2.24, 2.45) is 0 Å². The van der Waals surface area contributed by atoms with Crippen LogP contribution in [-0.4, -0.2) is 25.0 Å². The topological polar surface area (TPSA) is 73.9 Å². The fraction of sp³-hybridized carbons (Fsp3) is 0.226. The quantitative estimate of drug-likeness (QED) is 0.207. The van der Waals surface area contributed by atoms with E-state index in [4.69, 9.17) is 25.8 Å². The highest BCUT2D eigenvalue weighted by molar-refractivity contribution is 14.1. The molecule has 1 aliphatic carbocycles. The van der Waals surface area contributed by atoms with E-state index >= 15 is 0 Å². The molecule has 39 heavy (non-hydrogen) atoms. The maximum atomic E-state index is 13.8. The summed E-state index contributed by atoms with van der Waals surface area (Å²) in [4.78, 5) is 27.0. The van der Waals surface area contributed by atoms with Crippen molar-refractivity contribution in [3.63, 3.8) is 0 Å². The Hall–Kier alpha value is -3.30. The number of hydrogen-bond donors (Lipinski definition) is 1. The monoisotopic (exact) mass is 655 g/mol. The van der Waals surface area contributed by atoms with Gasteiger partial charge in [0, 0.05) is 33.3 Å². The number of ketones is 1. The fourth-order valence-corrected chi connectivity index (χ4v) is 5.94. The van der Waals surface area contributed by atoms with E-state index in [0.29, 0.717) is 52.1 Å². The number of dihydropyridines is 1. The summed E-state index contributed by atoms with van der Waals surface area (Å²) in [6, 6.07) is 18.8. The first-order valence-corrected chi connectivity index (χ1v) is 14.2. The molecule has 0 spiro atoms. The second kappa shape index (κ2) is 11.4. The molecule has 0 radical (unpaired) electrons. The van der Waals surface area contributed by atoms with Crippen molar-refractivity contribution in [2.75, 3.05) is 13.2 Å². The molecule has 3 aromatic rings. The first-order chi connectivity index (χ1) is 18.8. The number of carbonyl (C=O) groups is 2. The molecule has 3 aromatic carbocycles. The maximum Gasteiger partial charge on any atom is 0.336 e. The number of rotatable bonds is 8. The van der Waals surface area contributed by atoms with Crippen molar-refractivity contribution in [3.8, 4) is 11.5 Å². The number of hydrogen-bond acceptors (Lipinski definition) is 6. The molecular formula is C31H27ClINO5. The Bertz CT molecular complexity index is 1530. The normalized spacial score (nSPS) is 16.0. The van der Waals surface area contributed by atoms with E-state index in [9.17, 15) is 9.59 Å². The van der Waals surface area contributed by atoms with Crippen LogP contribution in [0.25, 0.3) is 5.70 Å². The molecule has 0 aromatic heterocycles. The number of allylic oxidation sites excluding steroid dienone is 2. The highest BCUT2D eigenvalue weighted by Gasteiger charge is 2.43. The Morgan fingerprint density at radius 3 is 2.41 bits per heavy atom. The molecule has 0 bridgehead atoms. The lowest BCUT2D eigenvalue weighted by molar-refractivity contribution is -0.138. The van der Waals surface area contributed by atoms with Gasteiger partial charge in [-0.3, -0.25) is 4.79 Å². The minimum Gasteiger partial charge on any atom is -0.490 e. The Morgan fingerprint density at radius 1 is 1.00 bits per heavy atom. The zero-order valence-electron chi connectivity index (χ0n) is 21.8. The number of fused-ring (bicyclic) bond motifs is 2. The largest absolute Gasteiger partial charge is 0.490 e. The standard InChI is InChI=1S/C31H27ClINO5/c1-4-37-24-15-19(14-23(33)30(24)39-16-18-10-12-20(32)13-11-18)26-25(31(36)38-5-2)17(3)34-28-21-8-6-7-9-22(21)29(35)27(26)28/h6-15,26,34H,4-5,16H2,1-3H3/t26-/m1/s1. The average Bonchev–Trinajstić information content (AvgIpc) is 3.20. The van der Waals surface area contributed by atoms with Crippen molar-refractivity contribution in [2.45, 2.75) is 33.3 Å². The lowest BCUT2D eigenvalue weighted by atomic mass is 9.79. The Balaban J connectivity index is 1.61. The molecular weight excluding hydrogens is 629 g/mol. The first-order valence-electron chi connectivity index (χ1n) is 12.7. The number of esters is 1. The van der Waals surface area contributed by atoms with E-state index in [1.807, 2.05) is 74.5 Å². The molecule has 1 N–H and O–H groups in total. The third-order valence-corrected chi connectivity index (χ3v) is 7.76. The van der Waals surface area contributed by atoms with Crippen LogP contribution in [0.5, 0.6) is 11.5 Å². The van der Waals surface area contributed by atoms with Gasteiger partial charge in [-0.2, -0.15) is 0 Å². The second-order valence-corrected chi connectivity index (χ2v) is 10.8. The number of ether oxygens (including phenoxy) is 3. The van der Waals surface area contributed by atoms with E-state index in [2.05, 4.69) is 27.9 Å². The fourth-order valence-electron chi connectivity index (χ4n) is 5.04. The lowest BCUT2D eigenvalue weighted by Gasteiger charge is -2.30. The average molecular weight is 656 g/mol. The minimum atomic E-state index is -0.641. The van der Waals surface area contributed by atoms with Crippen molar-refractivity contribution in [1.82, 2.24) is 5.32 Å². The molecule has 1 heterocycles. The number of benzene rings is 3. The van der Waals surface area contributed by atoms with Crippen molar-refractivity contribution < 1.29 is 23.8 Å². The predicted molar refractivity (Wildman–Crippen MR) is 159 cm³/mol. The summed E-state index contributed by atoms with van der Waals surface area (Å²) in [5.74, 6) is -0.0721. The number of Topliss-reactive ketones (excluding diaryl/α,β-unsaturated/α-hetero) is 1. The molecule has 2 aliphatic rings. The van der Waals surface area contributed by atoms with Gasteiger partial charge < -0.3 is 19.5 Å². The van der Waals surface area contributed by atoms with Gasteiger partial charge in [-0.05, 0) is 78.8 Å².